The predicted molar refractivity (Wildman–Crippen MR) is 51.9 cm³/mol. The number of hydrogen-bond acceptors (Lipinski definition) is 1. The van der Waals surface area contributed by atoms with Crippen LogP contribution in [-0.4, -0.2) is 9.78 Å². The lowest BCUT2D eigenvalue weighted by molar-refractivity contribution is 0.467. The highest BCUT2D eigenvalue weighted by molar-refractivity contribution is 5.22. The number of hydrogen-bond donors (Lipinski definition) is 1. The summed E-state index contributed by atoms with van der Waals surface area (Å²) >= 11 is 0. The molecule has 0 unspecified atom stereocenters. The molecule has 3 heteroatoms. The first-order valence-electron chi connectivity index (χ1n) is 4.99. The fourth-order valence-corrected chi connectivity index (χ4v) is 2.05. The van der Waals surface area contributed by atoms with Crippen molar-refractivity contribution in [1.29, 1.82) is 0 Å². The third-order valence-corrected chi connectivity index (χ3v) is 2.57. The Labute approximate surface area is 77.7 Å². The molecule has 0 aromatic carbocycles. The van der Waals surface area contributed by atoms with Gasteiger partial charge in [-0.15, -0.1) is 0 Å². The lowest BCUT2D eigenvalue weighted by atomic mass is 10.2. The van der Waals surface area contributed by atoms with E-state index < -0.39 is 0 Å². The summed E-state index contributed by atoms with van der Waals surface area (Å²) in [4.78, 5) is 11.4. The molecular formula is C10H16N2O. The van der Waals surface area contributed by atoms with Crippen molar-refractivity contribution < 1.29 is 0 Å². The maximum absolute atomic E-state index is 11.4. The summed E-state index contributed by atoms with van der Waals surface area (Å²) in [6, 6.07) is 0. The van der Waals surface area contributed by atoms with Gasteiger partial charge in [0.25, 0.3) is 5.56 Å². The van der Waals surface area contributed by atoms with Crippen molar-refractivity contribution >= 4 is 0 Å². The van der Waals surface area contributed by atoms with Crippen molar-refractivity contribution in [2.75, 3.05) is 0 Å². The zero-order chi connectivity index (χ0) is 9.42. The molecule has 0 bridgehead atoms. The van der Waals surface area contributed by atoms with Crippen LogP contribution in [0.2, 0.25) is 0 Å². The molecule has 0 aliphatic heterocycles. The van der Waals surface area contributed by atoms with Crippen LogP contribution in [0.4, 0.5) is 0 Å². The standard InChI is InChI=1S/C10H16N2O/c1-7(2)6-12-9-5-3-4-8(9)10(13)11-12/h7H,3-6H2,1-2H3,(H,11,13). The van der Waals surface area contributed by atoms with E-state index in [1.807, 2.05) is 4.68 Å². The van der Waals surface area contributed by atoms with E-state index in [0.717, 1.165) is 31.4 Å². The summed E-state index contributed by atoms with van der Waals surface area (Å²) in [5.74, 6) is 0.591. The van der Waals surface area contributed by atoms with Crippen LogP contribution in [0.15, 0.2) is 4.79 Å². The number of rotatable bonds is 2. The average Bonchev–Trinajstić information content (AvgIpc) is 2.56. The third kappa shape index (κ3) is 1.43. The molecule has 0 saturated carbocycles. The minimum Gasteiger partial charge on any atom is -0.289 e. The van der Waals surface area contributed by atoms with Crippen LogP contribution < -0.4 is 5.56 Å². The molecule has 0 saturated heterocycles. The molecule has 2 rings (SSSR count). The zero-order valence-electron chi connectivity index (χ0n) is 8.26. The van der Waals surface area contributed by atoms with Gasteiger partial charge in [0.1, 0.15) is 0 Å². The average molecular weight is 180 g/mol. The van der Waals surface area contributed by atoms with Gasteiger partial charge in [0.05, 0.1) is 0 Å². The molecule has 1 aliphatic carbocycles. The van der Waals surface area contributed by atoms with Gasteiger partial charge in [0.2, 0.25) is 0 Å². The second kappa shape index (κ2) is 3.05. The zero-order valence-corrected chi connectivity index (χ0v) is 8.26. The first-order chi connectivity index (χ1) is 6.18. The molecule has 1 N–H and O–H groups in total. The molecule has 0 atom stereocenters. The maximum Gasteiger partial charge on any atom is 0.267 e. The van der Waals surface area contributed by atoms with Gasteiger partial charge in [-0.25, -0.2) is 0 Å². The van der Waals surface area contributed by atoms with Gasteiger partial charge >= 0.3 is 0 Å². The summed E-state index contributed by atoms with van der Waals surface area (Å²) in [5, 5.41) is 2.91. The van der Waals surface area contributed by atoms with Crippen molar-refractivity contribution in [3.63, 3.8) is 0 Å². The molecule has 72 valence electrons. The molecule has 0 fully saturated rings. The highest BCUT2D eigenvalue weighted by Gasteiger charge is 2.19. The van der Waals surface area contributed by atoms with Gasteiger partial charge in [-0.05, 0) is 25.2 Å². The van der Waals surface area contributed by atoms with Crippen LogP contribution in [0, 0.1) is 5.92 Å². The Hall–Kier alpha value is -0.990. The van der Waals surface area contributed by atoms with E-state index in [1.54, 1.807) is 0 Å². The second-order valence-electron chi connectivity index (χ2n) is 4.22. The van der Waals surface area contributed by atoms with Crippen molar-refractivity contribution in [3.05, 3.63) is 21.6 Å². The molecule has 1 heterocycles. The fourth-order valence-electron chi connectivity index (χ4n) is 2.05. The monoisotopic (exact) mass is 180 g/mol. The predicted octanol–water partition coefficient (Wildman–Crippen LogP) is 1.32. The van der Waals surface area contributed by atoms with E-state index in [-0.39, 0.29) is 5.56 Å². The smallest absolute Gasteiger partial charge is 0.267 e. The van der Waals surface area contributed by atoms with Crippen LogP contribution in [0.25, 0.3) is 0 Å². The first-order valence-corrected chi connectivity index (χ1v) is 4.99. The van der Waals surface area contributed by atoms with E-state index in [2.05, 4.69) is 18.9 Å². The number of nitrogens with one attached hydrogen (secondary N) is 1. The highest BCUT2D eigenvalue weighted by Crippen LogP contribution is 2.18. The Balaban J connectivity index is 2.37. The molecule has 13 heavy (non-hydrogen) atoms. The summed E-state index contributed by atoms with van der Waals surface area (Å²) in [6.45, 7) is 5.27. The summed E-state index contributed by atoms with van der Waals surface area (Å²) in [5.41, 5.74) is 2.41. The lowest BCUT2D eigenvalue weighted by Crippen LogP contribution is -2.12. The molecule has 0 radical (unpaired) electrons. The fraction of sp³-hybridized carbons (Fsp3) is 0.700. The number of H-pyrrole nitrogens is 1. The molecule has 3 nitrogen and oxygen atoms in total. The molecule has 1 aromatic rings. The minimum absolute atomic E-state index is 0.133. The Morgan fingerprint density at radius 1 is 1.46 bits per heavy atom. The molecule has 1 aliphatic rings. The van der Waals surface area contributed by atoms with Crippen LogP contribution >= 0.6 is 0 Å². The van der Waals surface area contributed by atoms with Crippen molar-refractivity contribution in [2.24, 2.45) is 5.92 Å². The molecule has 0 amide bonds. The summed E-state index contributed by atoms with van der Waals surface area (Å²) in [7, 11) is 0. The Kier molecular flexibility index (Phi) is 2.02. The lowest BCUT2D eigenvalue weighted by Gasteiger charge is -2.08. The van der Waals surface area contributed by atoms with Crippen LogP contribution in [-0.2, 0) is 19.4 Å². The maximum atomic E-state index is 11.4. The van der Waals surface area contributed by atoms with Crippen LogP contribution in [0.5, 0.6) is 0 Å². The number of aromatic amines is 1. The van der Waals surface area contributed by atoms with Crippen molar-refractivity contribution in [2.45, 2.75) is 39.7 Å². The van der Waals surface area contributed by atoms with E-state index in [4.69, 9.17) is 0 Å². The van der Waals surface area contributed by atoms with Crippen molar-refractivity contribution in [3.8, 4) is 0 Å². The largest absolute Gasteiger partial charge is 0.289 e. The Morgan fingerprint density at radius 2 is 2.23 bits per heavy atom. The summed E-state index contributed by atoms with van der Waals surface area (Å²) in [6.07, 6.45) is 3.18. The highest BCUT2D eigenvalue weighted by atomic mass is 16.1. The number of fused-ring (bicyclic) bond motifs is 1. The molecule has 1 aromatic heterocycles. The topological polar surface area (TPSA) is 37.8 Å². The number of aromatic nitrogens is 2. The number of nitrogens with zero attached hydrogens (tertiary/aromatic N) is 1. The van der Waals surface area contributed by atoms with Gasteiger partial charge < -0.3 is 0 Å². The van der Waals surface area contributed by atoms with Gasteiger partial charge in [0.15, 0.2) is 0 Å². The second-order valence-corrected chi connectivity index (χ2v) is 4.22. The van der Waals surface area contributed by atoms with Gasteiger partial charge in [0, 0.05) is 17.8 Å². The molecule has 0 spiro atoms. The normalized spacial score (nSPS) is 15.3. The van der Waals surface area contributed by atoms with E-state index in [9.17, 15) is 4.79 Å². The van der Waals surface area contributed by atoms with Crippen LogP contribution in [0.3, 0.4) is 0 Å². The SMILES string of the molecule is CC(C)Cn1[nH]c(=O)c2c1CCC2. The van der Waals surface area contributed by atoms with E-state index in [0.29, 0.717) is 5.92 Å². The van der Waals surface area contributed by atoms with E-state index >= 15 is 0 Å². The summed E-state index contributed by atoms with van der Waals surface area (Å²) < 4.78 is 2.04. The van der Waals surface area contributed by atoms with E-state index in [1.165, 1.54) is 5.69 Å². The first kappa shape index (κ1) is 8.60. The third-order valence-electron chi connectivity index (χ3n) is 2.57. The van der Waals surface area contributed by atoms with Crippen LogP contribution in [0.1, 0.15) is 31.5 Å². The molecular weight excluding hydrogens is 164 g/mol. The van der Waals surface area contributed by atoms with Gasteiger partial charge in [-0.2, -0.15) is 0 Å². The van der Waals surface area contributed by atoms with Crippen molar-refractivity contribution in [1.82, 2.24) is 9.78 Å². The Morgan fingerprint density at radius 3 is 2.92 bits per heavy atom. The van der Waals surface area contributed by atoms with Gasteiger partial charge in [-0.3, -0.25) is 14.6 Å². The quantitative estimate of drug-likeness (QED) is 0.732. The Bertz CT molecular complexity index is 359. The van der Waals surface area contributed by atoms with Gasteiger partial charge in [-0.1, -0.05) is 13.8 Å². The minimum atomic E-state index is 0.133.